The highest BCUT2D eigenvalue weighted by Gasteiger charge is 2.20. The maximum absolute atomic E-state index is 10.9. The first-order chi connectivity index (χ1) is 9.04. The van der Waals surface area contributed by atoms with Gasteiger partial charge in [0, 0.05) is 19.4 Å². The molecule has 1 atom stereocenters. The van der Waals surface area contributed by atoms with Crippen molar-refractivity contribution in [3.63, 3.8) is 0 Å². The molecule has 1 aromatic carbocycles. The summed E-state index contributed by atoms with van der Waals surface area (Å²) in [5.74, 6) is 1.32. The Kier molecular flexibility index (Phi) is 3.89. The molecule has 0 fully saturated rings. The van der Waals surface area contributed by atoms with Crippen molar-refractivity contribution in [2.24, 2.45) is 11.7 Å². The number of hydrogen-bond acceptors (Lipinski definition) is 4. The molecule has 2 rings (SSSR count). The van der Waals surface area contributed by atoms with Gasteiger partial charge in [-0.2, -0.15) is 0 Å². The second-order valence-corrected chi connectivity index (χ2v) is 4.51. The Bertz CT molecular complexity index is 501. The number of rotatable bonds is 3. The van der Waals surface area contributed by atoms with Gasteiger partial charge in [0.2, 0.25) is 5.91 Å². The topological polar surface area (TPSA) is 90.7 Å². The molecule has 1 aliphatic heterocycles. The highest BCUT2D eigenvalue weighted by atomic mass is 16.5. The largest absolute Gasteiger partial charge is 0.493 e. The van der Waals surface area contributed by atoms with Gasteiger partial charge in [0.05, 0.1) is 6.61 Å². The van der Waals surface area contributed by atoms with Gasteiger partial charge in [0.15, 0.2) is 0 Å². The zero-order valence-electron chi connectivity index (χ0n) is 10.6. The summed E-state index contributed by atoms with van der Waals surface area (Å²) in [7, 11) is 0. The first-order valence-corrected chi connectivity index (χ1v) is 6.02. The van der Waals surface area contributed by atoms with Crippen molar-refractivity contribution in [3.05, 3.63) is 23.8 Å². The summed E-state index contributed by atoms with van der Waals surface area (Å²) < 4.78 is 10.4. The summed E-state index contributed by atoms with van der Waals surface area (Å²) >= 11 is 0. The highest BCUT2D eigenvalue weighted by Crippen LogP contribution is 2.30. The predicted molar refractivity (Wildman–Crippen MR) is 68.0 cm³/mol. The fourth-order valence-electron chi connectivity index (χ4n) is 2.03. The summed E-state index contributed by atoms with van der Waals surface area (Å²) in [6.45, 7) is 2.61. The van der Waals surface area contributed by atoms with Gasteiger partial charge in [-0.1, -0.05) is 0 Å². The molecule has 0 spiro atoms. The maximum Gasteiger partial charge on any atom is 0.409 e. The fourth-order valence-corrected chi connectivity index (χ4v) is 2.03. The lowest BCUT2D eigenvalue weighted by Gasteiger charge is -2.25. The number of fused-ring (bicyclic) bond motifs is 1. The second kappa shape index (κ2) is 5.60. The van der Waals surface area contributed by atoms with Crippen LogP contribution in [0.5, 0.6) is 11.5 Å². The molecule has 0 aliphatic carbocycles. The molecule has 0 radical (unpaired) electrons. The average molecular weight is 264 g/mol. The van der Waals surface area contributed by atoms with Crippen LogP contribution in [0.15, 0.2) is 18.2 Å². The van der Waals surface area contributed by atoms with E-state index < -0.39 is 6.09 Å². The lowest BCUT2D eigenvalue weighted by Crippen LogP contribution is -2.33. The molecule has 0 saturated heterocycles. The summed E-state index contributed by atoms with van der Waals surface area (Å²) in [5, 5.41) is 2.77. The van der Waals surface area contributed by atoms with Gasteiger partial charge in [0.25, 0.3) is 0 Å². The van der Waals surface area contributed by atoms with E-state index in [4.69, 9.17) is 15.2 Å². The van der Waals surface area contributed by atoms with E-state index in [1.807, 2.05) is 0 Å². The first kappa shape index (κ1) is 13.2. The van der Waals surface area contributed by atoms with Gasteiger partial charge in [-0.25, -0.2) is 4.79 Å². The quantitative estimate of drug-likeness (QED) is 0.846. The molecule has 19 heavy (non-hydrogen) atoms. The van der Waals surface area contributed by atoms with Crippen molar-refractivity contribution in [1.82, 2.24) is 5.32 Å². The molecule has 1 aromatic rings. The van der Waals surface area contributed by atoms with Gasteiger partial charge in [0.1, 0.15) is 11.5 Å². The zero-order chi connectivity index (χ0) is 13.8. The van der Waals surface area contributed by atoms with Crippen molar-refractivity contribution in [2.75, 3.05) is 13.2 Å². The number of ether oxygens (including phenoxy) is 2. The molecule has 1 aliphatic rings. The van der Waals surface area contributed by atoms with Crippen molar-refractivity contribution < 1.29 is 19.1 Å². The number of hydrogen-bond donors (Lipinski definition) is 2. The van der Waals surface area contributed by atoms with E-state index >= 15 is 0 Å². The molecule has 0 bridgehead atoms. The predicted octanol–water partition coefficient (Wildman–Crippen LogP) is 0.831. The molecule has 1 heterocycles. The van der Waals surface area contributed by atoms with Crippen molar-refractivity contribution >= 4 is 12.0 Å². The zero-order valence-corrected chi connectivity index (χ0v) is 10.6. The van der Waals surface area contributed by atoms with Crippen molar-refractivity contribution in [3.8, 4) is 11.5 Å². The van der Waals surface area contributed by atoms with Crippen LogP contribution in [0.25, 0.3) is 0 Å². The number of primary amides is 1. The van der Waals surface area contributed by atoms with Crippen LogP contribution >= 0.6 is 0 Å². The van der Waals surface area contributed by atoms with Crippen LogP contribution in [0.1, 0.15) is 12.5 Å². The van der Waals surface area contributed by atoms with Gasteiger partial charge in [-0.05, 0) is 30.2 Å². The van der Waals surface area contributed by atoms with Crippen LogP contribution in [0, 0.1) is 5.92 Å². The smallest absolute Gasteiger partial charge is 0.409 e. The molecule has 3 N–H and O–H groups in total. The van der Waals surface area contributed by atoms with Crippen molar-refractivity contribution in [2.45, 2.75) is 13.3 Å². The highest BCUT2D eigenvalue weighted by molar-refractivity contribution is 5.72. The molecule has 0 saturated carbocycles. The molecule has 0 aromatic heterocycles. The lowest BCUT2D eigenvalue weighted by molar-refractivity contribution is -0.119. The Labute approximate surface area is 110 Å². The third-order valence-electron chi connectivity index (χ3n) is 2.87. The van der Waals surface area contributed by atoms with Gasteiger partial charge in [-0.15, -0.1) is 0 Å². The minimum Gasteiger partial charge on any atom is -0.493 e. The van der Waals surface area contributed by atoms with Crippen LogP contribution in [-0.2, 0) is 11.2 Å². The molecule has 6 heteroatoms. The van der Waals surface area contributed by atoms with E-state index in [9.17, 15) is 9.59 Å². The molecule has 6 nitrogen and oxygen atoms in total. The lowest BCUT2D eigenvalue weighted by atomic mass is 9.96. The van der Waals surface area contributed by atoms with E-state index in [1.54, 1.807) is 18.2 Å². The van der Waals surface area contributed by atoms with Crippen LogP contribution in [-0.4, -0.2) is 25.2 Å². The Morgan fingerprint density at radius 2 is 2.32 bits per heavy atom. The molecular formula is C13H16N2O4. The standard InChI is InChI=1S/C13H16N2O4/c1-8(16)15-6-9-4-10-5-11(19-13(14)17)2-3-12(10)18-7-9/h2-3,5,9H,4,6-7H2,1H3,(H2,14,17)(H,15,16). The van der Waals surface area contributed by atoms with E-state index in [0.717, 1.165) is 17.7 Å². The molecule has 1 unspecified atom stereocenters. The summed E-state index contributed by atoms with van der Waals surface area (Å²) in [6, 6.07) is 5.12. The summed E-state index contributed by atoms with van der Waals surface area (Å²) in [4.78, 5) is 21.6. The monoisotopic (exact) mass is 264 g/mol. The Balaban J connectivity index is 2.05. The van der Waals surface area contributed by atoms with Crippen LogP contribution in [0.3, 0.4) is 0 Å². The van der Waals surface area contributed by atoms with Crippen LogP contribution in [0.4, 0.5) is 4.79 Å². The Morgan fingerprint density at radius 1 is 1.53 bits per heavy atom. The van der Waals surface area contributed by atoms with Gasteiger partial charge < -0.3 is 20.5 Å². The SMILES string of the molecule is CC(=O)NCC1COc2ccc(OC(N)=O)cc2C1. The van der Waals surface area contributed by atoms with E-state index in [0.29, 0.717) is 18.9 Å². The van der Waals surface area contributed by atoms with E-state index in [2.05, 4.69) is 5.32 Å². The Morgan fingerprint density at radius 3 is 3.00 bits per heavy atom. The number of carbonyl (C=O) groups is 2. The number of nitrogens with two attached hydrogens (primary N) is 1. The Hall–Kier alpha value is -2.24. The molecule has 102 valence electrons. The summed E-state index contributed by atoms with van der Waals surface area (Å²) in [5.41, 5.74) is 5.91. The minimum absolute atomic E-state index is 0.0587. The molecular weight excluding hydrogens is 248 g/mol. The third-order valence-corrected chi connectivity index (χ3v) is 2.87. The first-order valence-electron chi connectivity index (χ1n) is 6.02. The van der Waals surface area contributed by atoms with Crippen molar-refractivity contribution in [1.29, 1.82) is 0 Å². The van der Waals surface area contributed by atoms with Gasteiger partial charge >= 0.3 is 6.09 Å². The van der Waals surface area contributed by atoms with E-state index in [-0.39, 0.29) is 11.8 Å². The number of benzene rings is 1. The van der Waals surface area contributed by atoms with Crippen LogP contribution < -0.4 is 20.5 Å². The number of nitrogens with one attached hydrogen (secondary N) is 1. The second-order valence-electron chi connectivity index (χ2n) is 4.51. The minimum atomic E-state index is -0.841. The normalized spacial score (nSPS) is 17.0. The van der Waals surface area contributed by atoms with E-state index in [1.165, 1.54) is 6.92 Å². The number of carbonyl (C=O) groups excluding carboxylic acids is 2. The van der Waals surface area contributed by atoms with Gasteiger partial charge in [-0.3, -0.25) is 4.79 Å². The van der Waals surface area contributed by atoms with Crippen LogP contribution in [0.2, 0.25) is 0 Å². The third kappa shape index (κ3) is 3.61. The fraction of sp³-hybridized carbons (Fsp3) is 0.385. The number of amides is 2. The maximum atomic E-state index is 10.9. The molecule has 2 amide bonds. The average Bonchev–Trinajstić information content (AvgIpc) is 2.35. The summed E-state index contributed by atoms with van der Waals surface area (Å²) in [6.07, 6.45) is -0.0857.